The van der Waals surface area contributed by atoms with E-state index in [0.29, 0.717) is 0 Å². The molecule has 0 saturated carbocycles. The van der Waals surface area contributed by atoms with Crippen LogP contribution in [0.2, 0.25) is 0 Å². The quantitative estimate of drug-likeness (QED) is 0.0876. The topological polar surface area (TPSA) is 448 Å². The van der Waals surface area contributed by atoms with E-state index in [-0.39, 0.29) is 11.3 Å². The highest BCUT2D eigenvalue weighted by Crippen LogP contribution is 2.42. The van der Waals surface area contributed by atoms with E-state index in [2.05, 4.69) is 5.32 Å². The van der Waals surface area contributed by atoms with Crippen molar-refractivity contribution in [3.63, 3.8) is 0 Å². The molecule has 0 radical (unpaired) electrons. The van der Waals surface area contributed by atoms with Gasteiger partial charge in [0, 0.05) is 83.1 Å². The molecule has 5 fully saturated rings. The molecule has 1 amide bonds. The third-order valence-electron chi connectivity index (χ3n) is 15.2. The summed E-state index contributed by atoms with van der Waals surface area (Å²) in [5.41, 5.74) is -1.25. The number of benzene rings is 1. The molecule has 25 atom stereocenters. The van der Waals surface area contributed by atoms with Crippen LogP contribution >= 0.6 is 11.8 Å². The van der Waals surface area contributed by atoms with E-state index in [1.807, 2.05) is 0 Å². The number of thioether (sulfide) groups is 1. The Kier molecular flexibility index (Phi) is 30.3. The van der Waals surface area contributed by atoms with Crippen LogP contribution in [0.25, 0.3) is 0 Å². The Morgan fingerprint density at radius 2 is 0.740 bits per heavy atom. The molecule has 5 aliphatic rings. The molecule has 558 valence electrons. The second-order valence-electron chi connectivity index (χ2n) is 23.4. The predicted molar refractivity (Wildman–Crippen MR) is 326 cm³/mol. The maximum absolute atomic E-state index is 14.2. The van der Waals surface area contributed by atoms with Crippen molar-refractivity contribution in [2.24, 2.45) is 0 Å². The van der Waals surface area contributed by atoms with Crippen molar-refractivity contribution in [2.45, 2.75) is 256 Å². The molecular formula is C63H85NO35S. The number of hydrogen-bond acceptors (Lipinski definition) is 36. The van der Waals surface area contributed by atoms with Crippen LogP contribution in [0.3, 0.4) is 0 Å². The number of esters is 12. The van der Waals surface area contributed by atoms with Crippen molar-refractivity contribution in [1.82, 2.24) is 5.32 Å². The smallest absolute Gasteiger partial charge is 0.338 e. The average molecular weight is 1450 g/mol. The summed E-state index contributed by atoms with van der Waals surface area (Å²) in [4.78, 5) is 171. The Morgan fingerprint density at radius 3 is 1.17 bits per heavy atom. The van der Waals surface area contributed by atoms with Gasteiger partial charge in [-0.05, 0) is 31.7 Å². The van der Waals surface area contributed by atoms with Crippen molar-refractivity contribution >= 4 is 89.3 Å². The van der Waals surface area contributed by atoms with Crippen LogP contribution in [0, 0.1) is 0 Å². The van der Waals surface area contributed by atoms with Crippen LogP contribution in [0.4, 0.5) is 0 Å². The molecule has 37 heteroatoms. The van der Waals surface area contributed by atoms with Gasteiger partial charge in [0.25, 0.3) is 0 Å². The minimum Gasteiger partial charge on any atom is -0.463 e. The molecule has 5 heterocycles. The fraction of sp³-hybridized carbons (Fsp3) is 0.698. The van der Waals surface area contributed by atoms with Crippen LogP contribution in [0.5, 0.6) is 0 Å². The summed E-state index contributed by atoms with van der Waals surface area (Å²) in [6, 6.07) is 5.58. The normalized spacial score (nSPS) is 34.0. The average Bonchev–Trinajstić information content (AvgIpc) is 0.755. The SMILES string of the molecule is CCS[C@@H]1OC(COC(C)=O)C(O)[C@H](O[C@@H]2OC(COC(C)=O)C(O[C@@H]3OC(COC(C)=O)C(OC(C)=O)[C@H](OC(C)=O)C3OC3OC(C)[C@H](OC(C)=O)C(OC(C)=O)[C@@H]3OC(C)=O)[C@H](O[C@H]3OC(C)C(OC(C)=O)[C@H](OC(C)=O)C3OC(C)=O)C2NC(C)=O)C1OC(=O)c1ccccc1. The largest absolute Gasteiger partial charge is 0.463 e. The first-order valence-corrected chi connectivity index (χ1v) is 32.6. The Labute approximate surface area is 577 Å². The van der Waals surface area contributed by atoms with E-state index in [0.717, 1.165) is 94.8 Å². The molecule has 5 saturated heterocycles. The van der Waals surface area contributed by atoms with Crippen LogP contribution in [-0.2, 0) is 157 Å². The lowest BCUT2D eigenvalue weighted by atomic mass is 9.93. The van der Waals surface area contributed by atoms with Crippen molar-refractivity contribution in [3.8, 4) is 0 Å². The van der Waals surface area contributed by atoms with Crippen molar-refractivity contribution in [2.75, 3.05) is 25.6 Å². The molecule has 0 aromatic heterocycles. The second-order valence-corrected chi connectivity index (χ2v) is 24.7. The van der Waals surface area contributed by atoms with E-state index in [1.165, 1.54) is 26.0 Å². The highest BCUT2D eigenvalue weighted by atomic mass is 32.2. The molecule has 1 aromatic carbocycles. The van der Waals surface area contributed by atoms with E-state index >= 15 is 0 Å². The molecule has 0 spiro atoms. The first-order chi connectivity index (χ1) is 47.1. The predicted octanol–water partition coefficient (Wildman–Crippen LogP) is 0.179. The van der Waals surface area contributed by atoms with E-state index in [9.17, 15) is 67.4 Å². The molecule has 36 nitrogen and oxygen atoms in total. The highest BCUT2D eigenvalue weighted by Gasteiger charge is 2.62. The molecule has 0 bridgehead atoms. The van der Waals surface area contributed by atoms with Crippen molar-refractivity contribution in [1.29, 1.82) is 0 Å². The number of amides is 1. The van der Waals surface area contributed by atoms with Gasteiger partial charge in [-0.3, -0.25) is 57.5 Å². The summed E-state index contributed by atoms with van der Waals surface area (Å²) in [6.07, 6.45) is -43.2. The Morgan fingerprint density at radius 1 is 0.380 bits per heavy atom. The summed E-state index contributed by atoms with van der Waals surface area (Å²) >= 11 is 1.06. The fourth-order valence-corrected chi connectivity index (χ4v) is 12.5. The van der Waals surface area contributed by atoms with Crippen molar-refractivity contribution < 1.29 is 167 Å². The van der Waals surface area contributed by atoms with E-state index in [1.54, 1.807) is 25.1 Å². The van der Waals surface area contributed by atoms with Gasteiger partial charge in [-0.1, -0.05) is 25.1 Å². The van der Waals surface area contributed by atoms with Gasteiger partial charge in [-0.25, -0.2) is 4.79 Å². The van der Waals surface area contributed by atoms with E-state index < -0.39 is 250 Å². The third-order valence-corrected chi connectivity index (χ3v) is 16.2. The van der Waals surface area contributed by atoms with Crippen LogP contribution in [-0.4, -0.2) is 261 Å². The minimum absolute atomic E-state index is 0.0179. The number of ether oxygens (including phenoxy) is 21. The second kappa shape index (κ2) is 37.3. The lowest BCUT2D eigenvalue weighted by Gasteiger charge is -2.53. The van der Waals surface area contributed by atoms with Gasteiger partial charge in [0.05, 0.1) is 17.8 Å². The standard InChI is InChI=1S/C63H85NO35S/c1-16-100-63-57(95-58(78)39-20-18-17-19-21-39)50(44(77)40(94-63)22-79-28(5)66)98-59-43(64-27(4)65)49(97-60-54(90-37(14)75)51(87-34(11)72)45(25(2)82-60)84-31(8)69)47(41(92-59)23-80-29(6)67)96-62-56(53(89-36(13)74)48(86-33(10)71)42(93-62)24-81-30(7)68)99-61-55(91-38(15)76)52(88-35(12)73)46(26(3)83-61)85-32(9)70/h17-21,25-26,40-57,59-63,77H,16,22-24H2,1-15H3,(H,64,65)/t25?,26?,40?,41?,42?,43?,44?,45?,46-,47?,48?,49+,50-,51-,52?,53-,54?,55-,56?,57?,59-,60+,61?,62-,63-/m0/s1. The molecule has 6 rings (SSSR count). The number of aliphatic hydroxyl groups excluding tert-OH is 1. The minimum atomic E-state index is -2.31. The fourth-order valence-electron chi connectivity index (χ4n) is 11.5. The zero-order valence-corrected chi connectivity index (χ0v) is 58.2. The molecule has 1 aromatic rings. The van der Waals surface area contributed by atoms with Gasteiger partial charge in [-0.2, -0.15) is 0 Å². The molecular weight excluding hydrogens is 1360 g/mol. The van der Waals surface area contributed by atoms with Crippen molar-refractivity contribution in [3.05, 3.63) is 35.9 Å². The Bertz CT molecular complexity index is 3060. The number of rotatable bonds is 27. The summed E-state index contributed by atoms with van der Waals surface area (Å²) < 4.78 is 128. The van der Waals surface area contributed by atoms with Gasteiger partial charge in [0.2, 0.25) is 5.91 Å². The van der Waals surface area contributed by atoms with Crippen LogP contribution in [0.15, 0.2) is 30.3 Å². The van der Waals surface area contributed by atoms with Crippen LogP contribution in [0.1, 0.15) is 114 Å². The third kappa shape index (κ3) is 22.6. The Hall–Kier alpha value is -7.72. The summed E-state index contributed by atoms with van der Waals surface area (Å²) in [5.74, 6) is -12.6. The Balaban J connectivity index is 1.68. The molecule has 15 unspecified atom stereocenters. The summed E-state index contributed by atoms with van der Waals surface area (Å²) in [5, 5.41) is 15.2. The molecule has 2 N–H and O–H groups in total. The lowest BCUT2D eigenvalue weighted by Crippen LogP contribution is -2.72. The van der Waals surface area contributed by atoms with E-state index in [4.69, 9.17) is 99.5 Å². The maximum atomic E-state index is 14.2. The number of hydrogen-bond donors (Lipinski definition) is 2. The maximum Gasteiger partial charge on any atom is 0.338 e. The van der Waals surface area contributed by atoms with Gasteiger partial charge < -0.3 is 110 Å². The number of carbonyl (C=O) groups excluding carboxylic acids is 13. The molecule has 5 aliphatic heterocycles. The summed E-state index contributed by atoms with van der Waals surface area (Å²) in [7, 11) is 0. The number of nitrogens with one attached hydrogen (secondary N) is 1. The summed E-state index contributed by atoms with van der Waals surface area (Å²) in [6.45, 7) is 13.8. The molecule has 0 aliphatic carbocycles. The highest BCUT2D eigenvalue weighted by molar-refractivity contribution is 7.99. The van der Waals surface area contributed by atoms with Gasteiger partial charge in [0.15, 0.2) is 86.2 Å². The first-order valence-electron chi connectivity index (χ1n) is 31.6. The zero-order chi connectivity index (χ0) is 74.1. The lowest BCUT2D eigenvalue weighted by molar-refractivity contribution is -0.396. The van der Waals surface area contributed by atoms with Gasteiger partial charge in [0.1, 0.15) is 74.0 Å². The monoisotopic (exact) mass is 1450 g/mol. The molecule has 100 heavy (non-hydrogen) atoms. The van der Waals surface area contributed by atoms with Gasteiger partial charge >= 0.3 is 71.6 Å². The van der Waals surface area contributed by atoms with Gasteiger partial charge in [-0.15, -0.1) is 11.8 Å². The first kappa shape index (κ1) is 81.2. The van der Waals surface area contributed by atoms with Crippen LogP contribution < -0.4 is 5.32 Å². The zero-order valence-electron chi connectivity index (χ0n) is 57.4. The number of carbonyl (C=O) groups is 13. The number of aliphatic hydroxyl groups is 1.